The molecule has 3 aromatic rings. The van der Waals surface area contributed by atoms with Crippen molar-refractivity contribution in [1.29, 1.82) is 0 Å². The molecule has 0 saturated heterocycles. The molecule has 0 bridgehead atoms. The predicted octanol–water partition coefficient (Wildman–Crippen LogP) is 8.06. The van der Waals surface area contributed by atoms with E-state index in [2.05, 4.69) is 10.3 Å². The van der Waals surface area contributed by atoms with E-state index in [0.29, 0.717) is 28.9 Å². The predicted molar refractivity (Wildman–Crippen MR) is 123 cm³/mol. The molecule has 36 heavy (non-hydrogen) atoms. The first-order chi connectivity index (χ1) is 16.6. The van der Waals surface area contributed by atoms with E-state index < -0.39 is 29.5 Å². The smallest absolute Gasteiger partial charge is 0.322 e. The fourth-order valence-corrected chi connectivity index (χ4v) is 3.78. The van der Waals surface area contributed by atoms with Crippen molar-refractivity contribution >= 4 is 35.3 Å². The number of halogens is 8. The topological polar surface area (TPSA) is 42.0 Å². The van der Waals surface area contributed by atoms with E-state index in [1.54, 1.807) is 36.4 Å². The molecule has 1 N–H and O–H groups in total. The third-order valence-corrected chi connectivity index (χ3v) is 5.66. The lowest BCUT2D eigenvalue weighted by Crippen LogP contribution is -2.50. The van der Waals surface area contributed by atoms with Gasteiger partial charge in [-0.2, -0.15) is 26.3 Å². The van der Waals surface area contributed by atoms with Gasteiger partial charge in [-0.25, -0.2) is 9.37 Å². The lowest BCUT2D eigenvalue weighted by molar-refractivity contribution is -0.348. The van der Waals surface area contributed by atoms with Crippen LogP contribution in [0.3, 0.4) is 0 Å². The second kappa shape index (κ2) is 9.93. The molecule has 190 valence electrons. The summed E-state index contributed by atoms with van der Waals surface area (Å²) < 4.78 is 93.2. The highest BCUT2D eigenvalue weighted by Gasteiger charge is 2.73. The van der Waals surface area contributed by atoms with Crippen LogP contribution in [0.5, 0.6) is 0 Å². The number of aromatic nitrogens is 1. The third kappa shape index (κ3) is 5.38. The number of anilines is 1. The van der Waals surface area contributed by atoms with Crippen LogP contribution in [0.15, 0.2) is 54.7 Å². The van der Waals surface area contributed by atoms with Gasteiger partial charge >= 0.3 is 18.0 Å². The molecule has 0 fully saturated rings. The molecule has 2 aromatic carbocycles. The molecule has 0 saturated carbocycles. The van der Waals surface area contributed by atoms with E-state index in [1.165, 1.54) is 32.2 Å². The first-order valence-corrected chi connectivity index (χ1v) is 10.7. The second-order valence-corrected chi connectivity index (χ2v) is 8.29. The minimum Gasteiger partial charge on any atom is -0.322 e. The van der Waals surface area contributed by atoms with Crippen LogP contribution >= 0.6 is 11.6 Å². The van der Waals surface area contributed by atoms with Crippen molar-refractivity contribution < 1.29 is 35.5 Å². The number of pyridine rings is 1. The molecular formula is C25H18ClF7N2O. The van der Waals surface area contributed by atoms with E-state index in [-0.39, 0.29) is 21.8 Å². The minimum atomic E-state index is -6.19. The number of carbonyl (C=O) groups is 1. The van der Waals surface area contributed by atoms with E-state index in [1.807, 2.05) is 0 Å². The molecule has 1 heterocycles. The Morgan fingerprint density at radius 3 is 2.06 bits per heavy atom. The van der Waals surface area contributed by atoms with Crippen LogP contribution in [-0.4, -0.2) is 23.2 Å². The van der Waals surface area contributed by atoms with Crippen LogP contribution in [0.25, 0.3) is 12.2 Å². The van der Waals surface area contributed by atoms with Crippen LogP contribution in [0.4, 0.5) is 36.4 Å². The van der Waals surface area contributed by atoms with Gasteiger partial charge in [0.1, 0.15) is 5.15 Å². The molecule has 0 atom stereocenters. The number of nitrogens with zero attached hydrogens (tertiary/aromatic N) is 1. The van der Waals surface area contributed by atoms with Crippen molar-refractivity contribution in [3.05, 3.63) is 93.3 Å². The number of hydrogen-bond acceptors (Lipinski definition) is 2. The Hall–Kier alpha value is -3.40. The standard InChI is InChI=1S/C25H18ClF7N2O/c1-14-11-17(23(27,24(28,29)30)25(31,32)33)12-15(2)19(14)9-8-16-5-3-6-18(13-16)35-22(36)20-7-4-10-34-21(20)26/h3-13H,1-2H3,(H,35,36). The molecule has 0 aliphatic carbocycles. The molecule has 0 spiro atoms. The van der Waals surface area contributed by atoms with E-state index in [9.17, 15) is 35.5 Å². The summed E-state index contributed by atoms with van der Waals surface area (Å²) in [6.07, 6.45) is -7.91. The van der Waals surface area contributed by atoms with Gasteiger partial charge in [0.05, 0.1) is 5.56 Å². The summed E-state index contributed by atoms with van der Waals surface area (Å²) in [5.74, 6) is -0.499. The van der Waals surface area contributed by atoms with Crippen molar-refractivity contribution in [2.45, 2.75) is 31.9 Å². The van der Waals surface area contributed by atoms with Crippen molar-refractivity contribution in [3.63, 3.8) is 0 Å². The molecule has 0 aliphatic heterocycles. The van der Waals surface area contributed by atoms with Gasteiger partial charge < -0.3 is 5.32 Å². The van der Waals surface area contributed by atoms with Gasteiger partial charge in [-0.05, 0) is 60.4 Å². The fraction of sp³-hybridized carbons (Fsp3) is 0.200. The Balaban J connectivity index is 1.89. The molecule has 11 heteroatoms. The Bertz CT molecular complexity index is 1280. The van der Waals surface area contributed by atoms with Gasteiger partial charge in [0.15, 0.2) is 0 Å². The number of nitrogens with one attached hydrogen (secondary N) is 1. The molecule has 3 rings (SSSR count). The van der Waals surface area contributed by atoms with Gasteiger partial charge in [0.2, 0.25) is 0 Å². The summed E-state index contributed by atoms with van der Waals surface area (Å²) in [4.78, 5) is 16.3. The number of aryl methyl sites for hydroxylation is 2. The zero-order valence-corrected chi connectivity index (χ0v) is 19.5. The Kier molecular flexibility index (Phi) is 7.50. The summed E-state index contributed by atoms with van der Waals surface area (Å²) in [5.41, 5.74) is -5.54. The van der Waals surface area contributed by atoms with Crippen molar-refractivity contribution in [1.82, 2.24) is 4.98 Å². The van der Waals surface area contributed by atoms with Crippen molar-refractivity contribution in [2.24, 2.45) is 0 Å². The number of alkyl halides is 7. The fourth-order valence-electron chi connectivity index (χ4n) is 3.58. The number of carbonyl (C=O) groups excluding carboxylic acids is 1. The van der Waals surface area contributed by atoms with Gasteiger partial charge in [-0.1, -0.05) is 48.0 Å². The number of benzene rings is 2. The van der Waals surface area contributed by atoms with Crippen LogP contribution < -0.4 is 5.32 Å². The maximum Gasteiger partial charge on any atom is 0.435 e. The second-order valence-electron chi connectivity index (χ2n) is 7.93. The van der Waals surface area contributed by atoms with Crippen LogP contribution in [-0.2, 0) is 5.67 Å². The average molecular weight is 531 g/mol. The number of rotatable bonds is 5. The van der Waals surface area contributed by atoms with Gasteiger partial charge in [0, 0.05) is 17.4 Å². The maximum absolute atomic E-state index is 14.5. The van der Waals surface area contributed by atoms with E-state index in [4.69, 9.17) is 11.6 Å². The number of amides is 1. The van der Waals surface area contributed by atoms with Gasteiger partial charge in [0.25, 0.3) is 5.91 Å². The first kappa shape index (κ1) is 27.2. The molecule has 0 unspecified atom stereocenters. The minimum absolute atomic E-state index is 0.0208. The normalized spacial score (nSPS) is 12.7. The number of hydrogen-bond donors (Lipinski definition) is 1. The monoisotopic (exact) mass is 530 g/mol. The molecule has 1 amide bonds. The highest BCUT2D eigenvalue weighted by Crippen LogP contribution is 2.53. The van der Waals surface area contributed by atoms with Crippen LogP contribution in [0.1, 0.15) is 38.2 Å². The quantitative estimate of drug-likeness (QED) is 0.206. The van der Waals surface area contributed by atoms with Crippen LogP contribution in [0.2, 0.25) is 5.15 Å². The summed E-state index contributed by atoms with van der Waals surface area (Å²) in [6, 6.07) is 10.6. The van der Waals surface area contributed by atoms with Gasteiger partial charge in [-0.3, -0.25) is 4.79 Å². The Morgan fingerprint density at radius 1 is 0.889 bits per heavy atom. The Labute approximate surface area is 206 Å². The molecule has 0 radical (unpaired) electrons. The first-order valence-electron chi connectivity index (χ1n) is 10.3. The lowest BCUT2D eigenvalue weighted by atomic mass is 9.88. The van der Waals surface area contributed by atoms with Crippen molar-refractivity contribution in [2.75, 3.05) is 5.32 Å². The third-order valence-electron chi connectivity index (χ3n) is 5.36. The van der Waals surface area contributed by atoms with Gasteiger partial charge in [-0.15, -0.1) is 0 Å². The maximum atomic E-state index is 14.5. The zero-order chi connectivity index (χ0) is 26.9. The highest BCUT2D eigenvalue weighted by molar-refractivity contribution is 6.33. The van der Waals surface area contributed by atoms with Crippen LogP contribution in [0, 0.1) is 13.8 Å². The SMILES string of the molecule is Cc1cc(C(F)(C(F)(F)F)C(F)(F)F)cc(C)c1C=Cc1cccc(NC(=O)c2cccnc2Cl)c1. The largest absolute Gasteiger partial charge is 0.435 e. The summed E-state index contributed by atoms with van der Waals surface area (Å²) in [6.45, 7) is 2.58. The Morgan fingerprint density at radius 2 is 1.50 bits per heavy atom. The molecule has 1 aromatic heterocycles. The van der Waals surface area contributed by atoms with Crippen molar-refractivity contribution in [3.8, 4) is 0 Å². The average Bonchev–Trinajstić information content (AvgIpc) is 2.76. The summed E-state index contributed by atoms with van der Waals surface area (Å²) >= 11 is 5.92. The van der Waals surface area contributed by atoms with E-state index >= 15 is 0 Å². The molecular weight excluding hydrogens is 513 g/mol. The zero-order valence-electron chi connectivity index (χ0n) is 18.7. The summed E-state index contributed by atoms with van der Waals surface area (Å²) in [5, 5.41) is 2.68. The molecule has 3 nitrogen and oxygen atoms in total. The highest BCUT2D eigenvalue weighted by atomic mass is 35.5. The molecule has 0 aliphatic rings. The summed E-state index contributed by atoms with van der Waals surface area (Å²) in [7, 11) is 0. The van der Waals surface area contributed by atoms with E-state index in [0.717, 1.165) is 0 Å². The lowest BCUT2D eigenvalue weighted by Gasteiger charge is -2.31.